The summed E-state index contributed by atoms with van der Waals surface area (Å²) in [4.78, 5) is 23.1. The van der Waals surface area contributed by atoms with Crippen LogP contribution in [0.1, 0.15) is 10.4 Å². The number of nitrogens with zero attached hydrogens (tertiary/aromatic N) is 3. The summed E-state index contributed by atoms with van der Waals surface area (Å²) in [5, 5.41) is 13.7. The quantitative estimate of drug-likeness (QED) is 0.288. The van der Waals surface area contributed by atoms with Crippen LogP contribution in [0.3, 0.4) is 0 Å². The van der Waals surface area contributed by atoms with E-state index in [1.807, 2.05) is 24.3 Å². The number of imidazole rings is 1. The molecule has 2 aromatic heterocycles. The number of carbonyl (C=O) groups is 1. The van der Waals surface area contributed by atoms with E-state index in [9.17, 15) is 13.6 Å². The highest BCUT2D eigenvalue weighted by Crippen LogP contribution is 2.30. The zero-order valence-corrected chi connectivity index (χ0v) is 18.9. The number of hydrogen-bond acceptors (Lipinski definition) is 6. The maximum atomic E-state index is 13.6. The molecule has 0 bridgehead atoms. The minimum absolute atomic E-state index is 0.215. The van der Waals surface area contributed by atoms with Gasteiger partial charge in [0.1, 0.15) is 11.6 Å². The third kappa shape index (κ3) is 4.31. The number of anilines is 4. The lowest BCUT2D eigenvalue weighted by atomic mass is 10.1. The highest BCUT2D eigenvalue weighted by molar-refractivity contribution is 6.11. The summed E-state index contributed by atoms with van der Waals surface area (Å²) in [5.41, 5.74) is 4.04. The first-order valence-electron chi connectivity index (χ1n) is 11.4. The van der Waals surface area contributed by atoms with E-state index >= 15 is 0 Å². The van der Waals surface area contributed by atoms with Crippen molar-refractivity contribution >= 4 is 50.9 Å². The number of fused-ring (bicyclic) bond motifs is 2. The standard InChI is InChI=1S/C25H21F2N7O2/c26-15-7-16(27)9-18(8-15)30-25-31-21-11-19(23(12-22(21)32-25)34-3-5-36-6-4-34)24(35)29-17-2-1-14-13-28-33-20(14)10-17/h1-2,7-13H,3-6H2,(H,28,33)(H,29,35)(H2,30,31,32). The molecule has 4 N–H and O–H groups in total. The fourth-order valence-electron chi connectivity index (χ4n) is 4.33. The average Bonchev–Trinajstić information content (AvgIpc) is 3.48. The van der Waals surface area contributed by atoms with Gasteiger partial charge in [0.2, 0.25) is 5.95 Å². The van der Waals surface area contributed by atoms with Gasteiger partial charge in [-0.05, 0) is 42.5 Å². The topological polar surface area (TPSA) is 111 Å². The highest BCUT2D eigenvalue weighted by Gasteiger charge is 2.22. The zero-order valence-electron chi connectivity index (χ0n) is 18.9. The van der Waals surface area contributed by atoms with Gasteiger partial charge in [-0.3, -0.25) is 9.89 Å². The van der Waals surface area contributed by atoms with Crippen molar-refractivity contribution in [2.24, 2.45) is 0 Å². The molecule has 0 saturated carbocycles. The van der Waals surface area contributed by atoms with Crippen molar-refractivity contribution in [3.63, 3.8) is 0 Å². The molecule has 9 nitrogen and oxygen atoms in total. The van der Waals surface area contributed by atoms with Crippen molar-refractivity contribution in [3.05, 3.63) is 71.9 Å². The van der Waals surface area contributed by atoms with Crippen LogP contribution in [-0.2, 0) is 4.74 Å². The Kier molecular flexibility index (Phi) is 5.45. The Hall–Kier alpha value is -4.51. The minimum Gasteiger partial charge on any atom is -0.378 e. The molecule has 0 radical (unpaired) electrons. The van der Waals surface area contributed by atoms with Crippen LogP contribution in [-0.4, -0.2) is 52.4 Å². The molecular weight excluding hydrogens is 468 g/mol. The Bertz CT molecular complexity index is 1570. The summed E-state index contributed by atoms with van der Waals surface area (Å²) in [7, 11) is 0. The van der Waals surface area contributed by atoms with E-state index in [1.165, 1.54) is 12.1 Å². The summed E-state index contributed by atoms with van der Waals surface area (Å²) in [6.07, 6.45) is 1.72. The van der Waals surface area contributed by atoms with Crippen molar-refractivity contribution in [1.82, 2.24) is 20.2 Å². The van der Waals surface area contributed by atoms with Crippen LogP contribution in [0.25, 0.3) is 21.9 Å². The lowest BCUT2D eigenvalue weighted by Gasteiger charge is -2.30. The van der Waals surface area contributed by atoms with Gasteiger partial charge < -0.3 is 25.3 Å². The third-order valence-electron chi connectivity index (χ3n) is 6.02. The number of H-pyrrole nitrogens is 2. The van der Waals surface area contributed by atoms with Crippen molar-refractivity contribution in [2.75, 3.05) is 41.8 Å². The van der Waals surface area contributed by atoms with E-state index in [-0.39, 0.29) is 11.6 Å². The number of hydrogen-bond donors (Lipinski definition) is 4. The molecule has 6 rings (SSSR count). The Labute approximate surface area is 203 Å². The Morgan fingerprint density at radius 2 is 1.78 bits per heavy atom. The van der Waals surface area contributed by atoms with Crippen LogP contribution in [0.5, 0.6) is 0 Å². The number of carbonyl (C=O) groups excluding carboxylic acids is 1. The first-order valence-corrected chi connectivity index (χ1v) is 11.4. The van der Waals surface area contributed by atoms with Crippen LogP contribution < -0.4 is 15.5 Å². The minimum atomic E-state index is -0.699. The molecular formula is C25H21F2N7O2. The monoisotopic (exact) mass is 489 g/mol. The number of morpholine rings is 1. The third-order valence-corrected chi connectivity index (χ3v) is 6.02. The van der Waals surface area contributed by atoms with Crippen molar-refractivity contribution in [3.8, 4) is 0 Å². The second-order valence-corrected chi connectivity index (χ2v) is 8.48. The molecule has 1 amide bonds. The molecule has 1 aliphatic heterocycles. The fraction of sp³-hybridized carbons (Fsp3) is 0.160. The number of halogens is 2. The molecule has 1 saturated heterocycles. The highest BCUT2D eigenvalue weighted by atomic mass is 19.1. The van der Waals surface area contributed by atoms with Gasteiger partial charge in [0.05, 0.1) is 47.2 Å². The zero-order chi connectivity index (χ0) is 24.6. The SMILES string of the molecule is O=C(Nc1ccc2cn[nH]c2c1)c1cc2[nH]c(Nc3cc(F)cc(F)c3)nc2cc1N1CCOCC1. The second kappa shape index (κ2) is 8.93. The molecule has 1 fully saturated rings. The fourth-order valence-corrected chi connectivity index (χ4v) is 4.33. The lowest BCUT2D eigenvalue weighted by molar-refractivity contribution is 0.102. The van der Waals surface area contributed by atoms with Crippen molar-refractivity contribution < 1.29 is 18.3 Å². The smallest absolute Gasteiger partial charge is 0.257 e. The van der Waals surface area contributed by atoms with Crippen molar-refractivity contribution in [1.29, 1.82) is 0 Å². The molecule has 3 heterocycles. The molecule has 1 aliphatic rings. The van der Waals surface area contributed by atoms with Crippen LogP contribution in [0.4, 0.5) is 31.8 Å². The average molecular weight is 489 g/mol. The van der Waals surface area contributed by atoms with Crippen LogP contribution in [0, 0.1) is 11.6 Å². The Balaban J connectivity index is 1.36. The summed E-state index contributed by atoms with van der Waals surface area (Å²) in [5.74, 6) is -1.38. The molecule has 5 aromatic rings. The van der Waals surface area contributed by atoms with E-state index in [0.29, 0.717) is 54.5 Å². The molecule has 11 heteroatoms. The van der Waals surface area contributed by atoms with E-state index in [2.05, 4.69) is 35.7 Å². The van der Waals surface area contributed by atoms with Gasteiger partial charge in [-0.1, -0.05) is 0 Å². The predicted octanol–water partition coefficient (Wildman–Crippen LogP) is 4.55. The number of nitrogens with one attached hydrogen (secondary N) is 4. The van der Waals surface area contributed by atoms with Gasteiger partial charge in [-0.25, -0.2) is 13.8 Å². The van der Waals surface area contributed by atoms with Crippen LogP contribution in [0.15, 0.2) is 54.7 Å². The van der Waals surface area contributed by atoms with Gasteiger partial charge in [0.15, 0.2) is 0 Å². The number of rotatable bonds is 5. The van der Waals surface area contributed by atoms with Gasteiger partial charge in [-0.2, -0.15) is 5.10 Å². The molecule has 36 heavy (non-hydrogen) atoms. The largest absolute Gasteiger partial charge is 0.378 e. The molecule has 0 spiro atoms. The predicted molar refractivity (Wildman–Crippen MR) is 133 cm³/mol. The number of benzene rings is 3. The first kappa shape index (κ1) is 22.0. The molecule has 3 aromatic carbocycles. The molecule has 0 atom stereocenters. The van der Waals surface area contributed by atoms with E-state index < -0.39 is 11.6 Å². The number of ether oxygens (including phenoxy) is 1. The van der Waals surface area contributed by atoms with E-state index in [1.54, 1.807) is 12.3 Å². The van der Waals surface area contributed by atoms with E-state index in [0.717, 1.165) is 22.7 Å². The number of amides is 1. The van der Waals surface area contributed by atoms with Gasteiger partial charge in [-0.15, -0.1) is 0 Å². The molecule has 0 aliphatic carbocycles. The second-order valence-electron chi connectivity index (χ2n) is 8.48. The maximum Gasteiger partial charge on any atom is 0.257 e. The van der Waals surface area contributed by atoms with Gasteiger partial charge in [0.25, 0.3) is 5.91 Å². The molecule has 0 unspecified atom stereocenters. The number of aromatic nitrogens is 4. The summed E-state index contributed by atoms with van der Waals surface area (Å²) < 4.78 is 32.7. The van der Waals surface area contributed by atoms with Gasteiger partial charge >= 0.3 is 0 Å². The van der Waals surface area contributed by atoms with Crippen LogP contribution in [0.2, 0.25) is 0 Å². The number of aromatic amines is 2. The summed E-state index contributed by atoms with van der Waals surface area (Å²) >= 11 is 0. The van der Waals surface area contributed by atoms with Gasteiger partial charge in [0, 0.05) is 35.9 Å². The maximum absolute atomic E-state index is 13.6. The lowest BCUT2D eigenvalue weighted by Crippen LogP contribution is -2.37. The van der Waals surface area contributed by atoms with Crippen LogP contribution >= 0.6 is 0 Å². The summed E-state index contributed by atoms with van der Waals surface area (Å²) in [6, 6.07) is 12.2. The first-order chi connectivity index (χ1) is 17.5. The normalized spacial score (nSPS) is 13.9. The van der Waals surface area contributed by atoms with Crippen molar-refractivity contribution in [2.45, 2.75) is 0 Å². The molecule has 182 valence electrons. The summed E-state index contributed by atoms with van der Waals surface area (Å²) in [6.45, 7) is 2.36. The Morgan fingerprint density at radius 3 is 2.58 bits per heavy atom. The Morgan fingerprint density at radius 1 is 0.972 bits per heavy atom. The van der Waals surface area contributed by atoms with E-state index in [4.69, 9.17) is 4.74 Å².